The number of likely N-dealkylation sites (tertiary alicyclic amines) is 1. The lowest BCUT2D eigenvalue weighted by atomic mass is 9.92. The maximum atomic E-state index is 12.0. The second kappa shape index (κ2) is 10.7. The van der Waals surface area contributed by atoms with Crippen LogP contribution in [0.4, 0.5) is 0 Å². The van der Waals surface area contributed by atoms with E-state index in [1.807, 2.05) is 6.26 Å². The van der Waals surface area contributed by atoms with Crippen LogP contribution in [0.25, 0.3) is 0 Å². The molecule has 3 N–H and O–H groups in total. The Kier molecular flexibility index (Phi) is 9.80. The number of nitrogens with one attached hydrogen (secondary N) is 1. The summed E-state index contributed by atoms with van der Waals surface area (Å²) in [6, 6.07) is 0.797. The molecule has 130 valence electrons. The topological polar surface area (TPSA) is 58.4 Å². The van der Waals surface area contributed by atoms with E-state index < -0.39 is 0 Å². The van der Waals surface area contributed by atoms with E-state index in [0.717, 1.165) is 44.1 Å². The summed E-state index contributed by atoms with van der Waals surface area (Å²) in [7, 11) is 0. The van der Waals surface area contributed by atoms with Crippen molar-refractivity contribution < 1.29 is 4.79 Å². The Labute approximate surface area is 145 Å². The lowest BCUT2D eigenvalue weighted by Crippen LogP contribution is -2.51. The smallest absolute Gasteiger partial charge is 0.237 e. The second-order valence-electron chi connectivity index (χ2n) is 6.50. The number of carbonyl (C=O) groups is 1. The van der Waals surface area contributed by atoms with Gasteiger partial charge in [0.05, 0.1) is 6.04 Å². The van der Waals surface area contributed by atoms with Crippen LogP contribution in [0, 0.1) is 0 Å². The van der Waals surface area contributed by atoms with Gasteiger partial charge in [-0.15, -0.1) is 12.4 Å². The van der Waals surface area contributed by atoms with Gasteiger partial charge in [-0.3, -0.25) is 4.79 Å². The molecule has 0 bridgehead atoms. The second-order valence-corrected chi connectivity index (χ2v) is 7.48. The van der Waals surface area contributed by atoms with Crippen LogP contribution in [0.15, 0.2) is 0 Å². The van der Waals surface area contributed by atoms with Gasteiger partial charge in [0, 0.05) is 25.2 Å². The molecule has 1 saturated carbocycles. The zero-order valence-electron chi connectivity index (χ0n) is 13.8. The van der Waals surface area contributed by atoms with Crippen LogP contribution in [0.3, 0.4) is 0 Å². The summed E-state index contributed by atoms with van der Waals surface area (Å²) in [4.78, 5) is 14.7. The maximum absolute atomic E-state index is 12.0. The summed E-state index contributed by atoms with van der Waals surface area (Å²) in [5, 5.41) is 3.15. The lowest BCUT2D eigenvalue weighted by molar-refractivity contribution is -0.123. The van der Waals surface area contributed by atoms with Gasteiger partial charge in [-0.1, -0.05) is 19.3 Å². The molecule has 2 aliphatic rings. The minimum atomic E-state index is -0.339. The largest absolute Gasteiger partial charge is 0.352 e. The highest BCUT2D eigenvalue weighted by molar-refractivity contribution is 7.98. The highest BCUT2D eigenvalue weighted by Crippen LogP contribution is 2.25. The molecule has 0 radical (unpaired) electrons. The lowest BCUT2D eigenvalue weighted by Gasteiger charge is -2.39. The molecule has 0 unspecified atom stereocenters. The predicted molar refractivity (Wildman–Crippen MR) is 97.8 cm³/mol. The van der Waals surface area contributed by atoms with Gasteiger partial charge in [-0.05, 0) is 44.1 Å². The first-order chi connectivity index (χ1) is 10.2. The van der Waals surface area contributed by atoms with Crippen molar-refractivity contribution in [2.75, 3.05) is 25.1 Å². The minimum Gasteiger partial charge on any atom is -0.352 e. The standard InChI is InChI=1S/C16H31N3OS.ClH/c1-21-12-9-15(17)16(20)18-13-7-10-19(11-8-13)14-5-3-2-4-6-14;/h13-15H,2-12,17H2,1H3,(H,18,20);1H/t15-;/m0./s1. The van der Waals surface area contributed by atoms with Crippen LogP contribution in [-0.2, 0) is 4.79 Å². The van der Waals surface area contributed by atoms with Gasteiger partial charge in [0.15, 0.2) is 0 Å². The molecule has 1 heterocycles. The van der Waals surface area contributed by atoms with Crippen molar-refractivity contribution in [3.8, 4) is 0 Å². The molecule has 1 saturated heterocycles. The van der Waals surface area contributed by atoms with E-state index in [1.54, 1.807) is 11.8 Å². The zero-order chi connectivity index (χ0) is 15.1. The summed E-state index contributed by atoms with van der Waals surface area (Å²) < 4.78 is 0. The Bertz CT molecular complexity index is 319. The van der Waals surface area contributed by atoms with E-state index >= 15 is 0 Å². The minimum absolute atomic E-state index is 0. The Morgan fingerprint density at radius 2 is 1.86 bits per heavy atom. The number of amides is 1. The maximum Gasteiger partial charge on any atom is 0.237 e. The molecule has 6 heteroatoms. The van der Waals surface area contributed by atoms with E-state index in [-0.39, 0.29) is 24.4 Å². The third kappa shape index (κ3) is 6.26. The summed E-state index contributed by atoms with van der Waals surface area (Å²) in [5.41, 5.74) is 5.93. The first kappa shape index (κ1) is 20.1. The summed E-state index contributed by atoms with van der Waals surface area (Å²) in [5.74, 6) is 0.995. The number of carbonyl (C=O) groups excluding carboxylic acids is 1. The summed E-state index contributed by atoms with van der Waals surface area (Å²) in [6.45, 7) is 2.27. The number of hydrogen-bond donors (Lipinski definition) is 2. The normalized spacial score (nSPS) is 22.8. The molecule has 2 rings (SSSR count). The van der Waals surface area contributed by atoms with Crippen LogP contribution in [-0.4, -0.2) is 54.0 Å². The first-order valence-corrected chi connectivity index (χ1v) is 9.89. The van der Waals surface area contributed by atoms with E-state index in [4.69, 9.17) is 5.73 Å². The highest BCUT2D eigenvalue weighted by Gasteiger charge is 2.27. The average Bonchev–Trinajstić information content (AvgIpc) is 2.54. The van der Waals surface area contributed by atoms with E-state index in [1.165, 1.54) is 32.1 Å². The van der Waals surface area contributed by atoms with Crippen LogP contribution < -0.4 is 11.1 Å². The molecule has 0 aromatic rings. The summed E-state index contributed by atoms with van der Waals surface area (Å²) >= 11 is 1.74. The van der Waals surface area contributed by atoms with Crippen molar-refractivity contribution in [1.82, 2.24) is 10.2 Å². The third-order valence-corrected chi connectivity index (χ3v) is 5.58. The molecule has 0 aromatic carbocycles. The predicted octanol–water partition coefficient (Wildman–Crippen LogP) is 2.40. The monoisotopic (exact) mass is 349 g/mol. The Balaban J connectivity index is 0.00000242. The van der Waals surface area contributed by atoms with Gasteiger partial charge in [-0.25, -0.2) is 0 Å². The van der Waals surface area contributed by atoms with Crippen molar-refractivity contribution in [1.29, 1.82) is 0 Å². The SMILES string of the molecule is CSCC[C@H](N)C(=O)NC1CCN(C2CCCCC2)CC1.Cl. The molecule has 0 aromatic heterocycles. The highest BCUT2D eigenvalue weighted by atomic mass is 35.5. The number of nitrogens with two attached hydrogens (primary N) is 1. The van der Waals surface area contributed by atoms with Gasteiger partial charge in [0.2, 0.25) is 5.91 Å². The van der Waals surface area contributed by atoms with Gasteiger partial charge in [-0.2, -0.15) is 11.8 Å². The van der Waals surface area contributed by atoms with E-state index in [2.05, 4.69) is 10.2 Å². The number of thioether (sulfide) groups is 1. The van der Waals surface area contributed by atoms with Crippen LogP contribution in [0.2, 0.25) is 0 Å². The van der Waals surface area contributed by atoms with Crippen molar-refractivity contribution in [3.05, 3.63) is 0 Å². The number of piperidine rings is 1. The van der Waals surface area contributed by atoms with Crippen molar-refractivity contribution >= 4 is 30.1 Å². The molecule has 1 aliphatic carbocycles. The van der Waals surface area contributed by atoms with Gasteiger partial charge < -0.3 is 16.0 Å². The molecule has 4 nitrogen and oxygen atoms in total. The molecule has 1 atom stereocenters. The van der Waals surface area contributed by atoms with Crippen LogP contribution >= 0.6 is 24.2 Å². The Morgan fingerprint density at radius 3 is 2.45 bits per heavy atom. The fraction of sp³-hybridized carbons (Fsp3) is 0.938. The summed E-state index contributed by atoms with van der Waals surface area (Å²) in [6.07, 6.45) is 11.9. The van der Waals surface area contributed by atoms with Crippen molar-refractivity contribution in [3.63, 3.8) is 0 Å². The van der Waals surface area contributed by atoms with Gasteiger partial charge in [0.1, 0.15) is 0 Å². The zero-order valence-corrected chi connectivity index (χ0v) is 15.4. The molecule has 2 fully saturated rings. The van der Waals surface area contributed by atoms with Crippen molar-refractivity contribution in [2.24, 2.45) is 5.73 Å². The molecule has 1 aliphatic heterocycles. The van der Waals surface area contributed by atoms with E-state index in [0.29, 0.717) is 6.04 Å². The third-order valence-electron chi connectivity index (χ3n) is 4.94. The average molecular weight is 350 g/mol. The fourth-order valence-electron chi connectivity index (χ4n) is 3.54. The molecule has 1 amide bonds. The first-order valence-electron chi connectivity index (χ1n) is 8.49. The van der Waals surface area contributed by atoms with Crippen LogP contribution in [0.5, 0.6) is 0 Å². The van der Waals surface area contributed by atoms with Crippen LogP contribution in [0.1, 0.15) is 51.4 Å². The molecule has 22 heavy (non-hydrogen) atoms. The van der Waals surface area contributed by atoms with Gasteiger partial charge in [0.25, 0.3) is 0 Å². The van der Waals surface area contributed by atoms with E-state index in [9.17, 15) is 4.79 Å². The number of nitrogens with zero attached hydrogens (tertiary/aromatic N) is 1. The molecule has 0 spiro atoms. The number of halogens is 1. The van der Waals surface area contributed by atoms with Gasteiger partial charge >= 0.3 is 0 Å². The number of rotatable bonds is 6. The fourth-order valence-corrected chi connectivity index (χ4v) is 4.03. The quantitative estimate of drug-likeness (QED) is 0.773. The van der Waals surface area contributed by atoms with Crippen molar-refractivity contribution in [2.45, 2.75) is 69.5 Å². The Morgan fingerprint density at radius 1 is 1.23 bits per heavy atom. The molecular weight excluding hydrogens is 318 g/mol. The Hall–Kier alpha value is 0.0300. The number of hydrogen-bond acceptors (Lipinski definition) is 4. The molecular formula is C16H32ClN3OS.